The Morgan fingerprint density at radius 3 is 2.49 bits per heavy atom. The van der Waals surface area contributed by atoms with Crippen LogP contribution in [0.2, 0.25) is 0 Å². The molecule has 7 rings (SSSR count). The van der Waals surface area contributed by atoms with Crippen LogP contribution in [0.5, 0.6) is 5.88 Å². The van der Waals surface area contributed by atoms with Gasteiger partial charge in [0.2, 0.25) is 27.7 Å². The molecule has 16 heteroatoms. The fraction of sp³-hybridized carbons (Fsp3) is 0.457. The van der Waals surface area contributed by atoms with Crippen LogP contribution in [0.4, 0.5) is 13.6 Å². The van der Waals surface area contributed by atoms with Gasteiger partial charge in [-0.1, -0.05) is 25.0 Å². The lowest BCUT2D eigenvalue weighted by atomic mass is 10.0. The summed E-state index contributed by atoms with van der Waals surface area (Å²) >= 11 is 0. The van der Waals surface area contributed by atoms with Crippen LogP contribution < -0.4 is 20.1 Å². The van der Waals surface area contributed by atoms with E-state index in [1.807, 2.05) is 6.08 Å². The summed E-state index contributed by atoms with van der Waals surface area (Å²) in [6, 6.07) is 5.33. The van der Waals surface area contributed by atoms with E-state index in [1.165, 1.54) is 41.3 Å². The highest BCUT2D eigenvalue weighted by atomic mass is 32.2. The number of carbonyl (C=O) groups excluding carboxylic acids is 3. The SMILES string of the molecule is O=C(O)N[C@H]1CCCCCC=C[C@H]2C[C@@]2(C(=O)NS(=O)(=O)C2CC2)NC(=O)[C@@H]2C[C@@H](Oc3nc4ccc(F)cc4c4cc(F)ccc34)CN2C1=O. The van der Waals surface area contributed by atoms with Crippen LogP contribution in [0.15, 0.2) is 48.6 Å². The third-order valence-corrected chi connectivity index (χ3v) is 11.9. The summed E-state index contributed by atoms with van der Waals surface area (Å²) < 4.78 is 62.5. The minimum Gasteiger partial charge on any atom is -0.472 e. The van der Waals surface area contributed by atoms with Crippen LogP contribution in [0.25, 0.3) is 21.7 Å². The molecule has 2 aliphatic carbocycles. The molecule has 0 unspecified atom stereocenters. The number of allylic oxidation sites excluding steroid dienone is 1. The third-order valence-electron chi connectivity index (χ3n) is 10.1. The molecule has 4 aliphatic rings. The summed E-state index contributed by atoms with van der Waals surface area (Å²) in [5.41, 5.74) is -1.25. The summed E-state index contributed by atoms with van der Waals surface area (Å²) in [7, 11) is -3.93. The number of ether oxygens (including phenoxy) is 1. The molecule has 51 heavy (non-hydrogen) atoms. The zero-order valence-electron chi connectivity index (χ0n) is 27.4. The van der Waals surface area contributed by atoms with Crippen LogP contribution in [0.3, 0.4) is 0 Å². The summed E-state index contributed by atoms with van der Waals surface area (Å²) in [4.78, 5) is 59.4. The number of hydrogen-bond acceptors (Lipinski definition) is 8. The maximum absolute atomic E-state index is 14.4. The van der Waals surface area contributed by atoms with Crippen LogP contribution in [-0.2, 0) is 24.4 Å². The van der Waals surface area contributed by atoms with E-state index in [9.17, 15) is 41.5 Å². The van der Waals surface area contributed by atoms with Gasteiger partial charge in [0.1, 0.15) is 35.4 Å². The molecule has 0 spiro atoms. The first kappa shape index (κ1) is 34.6. The first-order valence-corrected chi connectivity index (χ1v) is 18.6. The van der Waals surface area contributed by atoms with Crippen molar-refractivity contribution in [2.24, 2.45) is 5.92 Å². The molecule has 13 nitrogen and oxygen atoms in total. The van der Waals surface area contributed by atoms with Crippen molar-refractivity contribution in [3.05, 3.63) is 60.2 Å². The molecule has 2 aliphatic heterocycles. The van der Waals surface area contributed by atoms with Crippen molar-refractivity contribution in [2.45, 2.75) is 86.8 Å². The van der Waals surface area contributed by atoms with Gasteiger partial charge in [-0.25, -0.2) is 27.0 Å². The summed E-state index contributed by atoms with van der Waals surface area (Å²) in [6.07, 6.45) is 5.07. The summed E-state index contributed by atoms with van der Waals surface area (Å²) in [5.74, 6) is -3.78. The van der Waals surface area contributed by atoms with Gasteiger partial charge in [-0.2, -0.15) is 0 Å². The lowest BCUT2D eigenvalue weighted by Gasteiger charge is -2.29. The van der Waals surface area contributed by atoms with Gasteiger partial charge < -0.3 is 25.4 Å². The number of benzene rings is 2. The predicted molar refractivity (Wildman–Crippen MR) is 180 cm³/mol. The van der Waals surface area contributed by atoms with Crippen molar-refractivity contribution in [1.82, 2.24) is 25.2 Å². The fourth-order valence-corrected chi connectivity index (χ4v) is 8.52. The molecular weight excluding hydrogens is 688 g/mol. The number of amides is 4. The summed E-state index contributed by atoms with van der Waals surface area (Å²) in [6.45, 7) is -0.168. The molecule has 270 valence electrons. The molecule has 0 bridgehead atoms. The lowest BCUT2D eigenvalue weighted by Crippen LogP contribution is -2.58. The third kappa shape index (κ3) is 7.05. The van der Waals surface area contributed by atoms with Gasteiger partial charge in [0, 0.05) is 23.1 Å². The van der Waals surface area contributed by atoms with Gasteiger partial charge >= 0.3 is 6.09 Å². The number of carbonyl (C=O) groups is 4. The second-order valence-corrected chi connectivity index (χ2v) is 15.7. The van der Waals surface area contributed by atoms with Crippen LogP contribution in [-0.4, -0.2) is 82.7 Å². The van der Waals surface area contributed by atoms with Gasteiger partial charge in [-0.3, -0.25) is 19.1 Å². The van der Waals surface area contributed by atoms with Crippen molar-refractivity contribution in [3.8, 4) is 5.88 Å². The maximum Gasteiger partial charge on any atom is 0.405 e. The normalized spacial score (nSPS) is 27.1. The number of nitrogens with one attached hydrogen (secondary N) is 3. The second-order valence-electron chi connectivity index (χ2n) is 13.8. The van der Waals surface area contributed by atoms with E-state index in [0.29, 0.717) is 53.8 Å². The fourth-order valence-electron chi connectivity index (χ4n) is 7.16. The standard InChI is InChI=1S/C35H37F2N5O8S/c36-20-8-12-24-25(14-20)26-15-21(37)9-13-27(26)38-31(24)50-22-16-29-30(43)40-35(33(45)41-51(48,49)23-10-11-23)17-19(35)6-4-2-1-3-5-7-28(39-34(46)47)32(44)42(29)18-22/h4,6,8-9,12-15,19,22-23,28-29,39H,1-3,5,7,10-11,16-18H2,(H,40,43)(H,41,45)(H,46,47)/t19-,22+,28-,29-,35+/m0/s1. The lowest BCUT2D eigenvalue weighted by molar-refractivity contribution is -0.141. The molecule has 4 amide bonds. The van der Waals surface area contributed by atoms with Crippen molar-refractivity contribution >= 4 is 55.5 Å². The number of nitrogens with zero attached hydrogens (tertiary/aromatic N) is 2. The molecule has 2 aromatic carbocycles. The number of aromatic nitrogens is 1. The van der Waals surface area contributed by atoms with E-state index in [4.69, 9.17) is 4.74 Å². The first-order valence-electron chi connectivity index (χ1n) is 17.0. The highest BCUT2D eigenvalue weighted by molar-refractivity contribution is 7.91. The minimum absolute atomic E-state index is 0.0541. The number of pyridine rings is 1. The molecule has 3 aromatic rings. The molecule has 2 saturated carbocycles. The van der Waals surface area contributed by atoms with Gasteiger partial charge in [-0.05, 0) is 80.3 Å². The largest absolute Gasteiger partial charge is 0.472 e. The zero-order chi connectivity index (χ0) is 36.1. The average Bonchev–Trinajstić information content (AvgIpc) is 4.00. The average molecular weight is 726 g/mol. The summed E-state index contributed by atoms with van der Waals surface area (Å²) in [5, 5.41) is 15.0. The van der Waals surface area contributed by atoms with Crippen LogP contribution in [0, 0.1) is 17.6 Å². The van der Waals surface area contributed by atoms with E-state index in [0.717, 1.165) is 6.42 Å². The Morgan fingerprint density at radius 1 is 1.00 bits per heavy atom. The van der Waals surface area contributed by atoms with Crippen LogP contribution in [0.1, 0.15) is 57.8 Å². The Labute approximate surface area is 291 Å². The number of fused-ring (bicyclic) bond motifs is 5. The molecular formula is C35H37F2N5O8S. The number of sulfonamides is 1. The number of carboxylic acid groups (broad SMARTS) is 1. The molecule has 0 radical (unpaired) electrons. The van der Waals surface area contributed by atoms with Crippen molar-refractivity contribution in [2.75, 3.05) is 6.54 Å². The van der Waals surface area contributed by atoms with Crippen molar-refractivity contribution < 1.29 is 46.2 Å². The Bertz CT molecular complexity index is 2080. The zero-order valence-corrected chi connectivity index (χ0v) is 28.3. The van der Waals surface area contributed by atoms with Gasteiger partial charge in [0.05, 0.1) is 17.3 Å². The number of rotatable bonds is 6. The van der Waals surface area contributed by atoms with E-state index < -0.39 is 80.4 Å². The quantitative estimate of drug-likeness (QED) is 0.218. The van der Waals surface area contributed by atoms with Gasteiger partial charge in [0.15, 0.2) is 0 Å². The van der Waals surface area contributed by atoms with Gasteiger partial charge in [0.25, 0.3) is 5.91 Å². The van der Waals surface area contributed by atoms with Gasteiger partial charge in [-0.15, -0.1) is 0 Å². The van der Waals surface area contributed by atoms with Crippen molar-refractivity contribution in [3.63, 3.8) is 0 Å². The first-order chi connectivity index (χ1) is 24.3. The topological polar surface area (TPSA) is 184 Å². The monoisotopic (exact) mass is 725 g/mol. The Hall–Kier alpha value is -4.86. The molecule has 3 fully saturated rings. The molecule has 5 atom stereocenters. The smallest absolute Gasteiger partial charge is 0.405 e. The number of halogens is 2. The molecule has 3 heterocycles. The van der Waals surface area contributed by atoms with E-state index in [1.54, 1.807) is 6.08 Å². The highest BCUT2D eigenvalue weighted by Gasteiger charge is 2.62. The Kier molecular flexibility index (Phi) is 9.06. The maximum atomic E-state index is 14.4. The Balaban J connectivity index is 1.22. The number of hydrogen-bond donors (Lipinski definition) is 4. The van der Waals surface area contributed by atoms with Crippen LogP contribution >= 0.6 is 0 Å². The molecule has 1 aromatic heterocycles. The molecule has 1 saturated heterocycles. The predicted octanol–water partition coefficient (Wildman–Crippen LogP) is 3.65. The second kappa shape index (κ2) is 13.4. The Morgan fingerprint density at radius 2 is 1.75 bits per heavy atom. The van der Waals surface area contributed by atoms with E-state index >= 15 is 0 Å². The van der Waals surface area contributed by atoms with E-state index in [-0.39, 0.29) is 31.7 Å². The van der Waals surface area contributed by atoms with Crippen molar-refractivity contribution in [1.29, 1.82) is 0 Å². The molecule has 4 N–H and O–H groups in total. The minimum atomic E-state index is -3.93. The highest BCUT2D eigenvalue weighted by Crippen LogP contribution is 2.46. The van der Waals surface area contributed by atoms with E-state index in [2.05, 4.69) is 20.3 Å².